The van der Waals surface area contributed by atoms with Crippen LogP contribution < -0.4 is 14.8 Å². The lowest BCUT2D eigenvalue weighted by Crippen LogP contribution is -2.23. The number of carbonyl (C=O) groups excluding carboxylic acids is 1. The smallest absolute Gasteiger partial charge is 0.271 e. The van der Waals surface area contributed by atoms with Crippen LogP contribution in [0.15, 0.2) is 48.8 Å². The standard InChI is InChI=1S/C23H22N6O3S/c1-14-4-6-18-21(8-14)33-23-25-17(13-29(18)23)22(30)24-10-16-12-28(27-26-16)11-15-5-7-19(31-2)20(9-15)32-3/h4-9,12-13H,10-11H2,1-3H3,(H,24,30). The molecule has 3 heterocycles. The number of aromatic nitrogens is 5. The highest BCUT2D eigenvalue weighted by atomic mass is 32.1. The lowest BCUT2D eigenvalue weighted by atomic mass is 10.2. The molecule has 33 heavy (non-hydrogen) atoms. The summed E-state index contributed by atoms with van der Waals surface area (Å²) in [5.41, 5.74) is 4.27. The molecule has 1 N–H and O–H groups in total. The van der Waals surface area contributed by atoms with Gasteiger partial charge in [0.15, 0.2) is 16.5 Å². The van der Waals surface area contributed by atoms with Gasteiger partial charge >= 0.3 is 0 Å². The molecule has 0 bridgehead atoms. The van der Waals surface area contributed by atoms with Crippen molar-refractivity contribution in [3.8, 4) is 11.5 Å². The summed E-state index contributed by atoms with van der Waals surface area (Å²) < 4.78 is 15.4. The number of ether oxygens (including phenoxy) is 2. The largest absolute Gasteiger partial charge is 0.493 e. The average molecular weight is 463 g/mol. The Morgan fingerprint density at radius 1 is 1.09 bits per heavy atom. The van der Waals surface area contributed by atoms with Crippen LogP contribution in [0.1, 0.15) is 27.3 Å². The second-order valence-corrected chi connectivity index (χ2v) is 8.64. The molecule has 10 heteroatoms. The number of benzene rings is 2. The van der Waals surface area contributed by atoms with Gasteiger partial charge in [0.1, 0.15) is 11.4 Å². The van der Waals surface area contributed by atoms with Gasteiger partial charge in [0.05, 0.1) is 43.7 Å². The number of hydrogen-bond acceptors (Lipinski definition) is 7. The maximum Gasteiger partial charge on any atom is 0.271 e. The molecule has 0 aliphatic carbocycles. The summed E-state index contributed by atoms with van der Waals surface area (Å²) in [7, 11) is 3.20. The first kappa shape index (κ1) is 21.0. The number of fused-ring (bicyclic) bond motifs is 3. The third-order valence-corrected chi connectivity index (χ3v) is 6.31. The minimum Gasteiger partial charge on any atom is -0.493 e. The van der Waals surface area contributed by atoms with Gasteiger partial charge in [0.2, 0.25) is 0 Å². The van der Waals surface area contributed by atoms with Crippen LogP contribution in [0.3, 0.4) is 0 Å². The Morgan fingerprint density at radius 2 is 1.94 bits per heavy atom. The summed E-state index contributed by atoms with van der Waals surface area (Å²) in [5, 5.41) is 11.2. The molecule has 3 aromatic heterocycles. The summed E-state index contributed by atoms with van der Waals surface area (Å²) in [6, 6.07) is 11.9. The highest BCUT2D eigenvalue weighted by Crippen LogP contribution is 2.28. The zero-order valence-corrected chi connectivity index (χ0v) is 19.2. The van der Waals surface area contributed by atoms with Crippen molar-refractivity contribution in [2.45, 2.75) is 20.0 Å². The number of carbonyl (C=O) groups is 1. The molecule has 5 rings (SSSR count). The maximum absolute atomic E-state index is 12.6. The van der Waals surface area contributed by atoms with Gasteiger partial charge in [-0.25, -0.2) is 9.67 Å². The SMILES string of the molecule is COc1ccc(Cn2cc(CNC(=O)c3cn4c(n3)sc3cc(C)ccc34)nn2)cc1OC. The van der Waals surface area contributed by atoms with E-state index in [0.29, 0.717) is 29.4 Å². The van der Waals surface area contributed by atoms with Crippen molar-refractivity contribution in [3.05, 3.63) is 71.3 Å². The molecule has 0 aliphatic heterocycles. The number of thiazole rings is 1. The number of rotatable bonds is 7. The van der Waals surface area contributed by atoms with E-state index in [-0.39, 0.29) is 12.5 Å². The fraction of sp³-hybridized carbons (Fsp3) is 0.217. The summed E-state index contributed by atoms with van der Waals surface area (Å²) in [5.74, 6) is 1.08. The van der Waals surface area contributed by atoms with E-state index in [1.54, 1.807) is 42.6 Å². The molecule has 2 aromatic carbocycles. The van der Waals surface area contributed by atoms with Gasteiger partial charge in [0, 0.05) is 6.20 Å². The van der Waals surface area contributed by atoms with Crippen LogP contribution in [-0.2, 0) is 13.1 Å². The van der Waals surface area contributed by atoms with Crippen molar-refractivity contribution in [2.75, 3.05) is 14.2 Å². The second-order valence-electron chi connectivity index (χ2n) is 7.63. The molecule has 0 fully saturated rings. The maximum atomic E-state index is 12.6. The highest BCUT2D eigenvalue weighted by Gasteiger charge is 2.15. The zero-order chi connectivity index (χ0) is 22.9. The summed E-state index contributed by atoms with van der Waals surface area (Å²) in [4.78, 5) is 17.9. The topological polar surface area (TPSA) is 95.6 Å². The molecule has 5 aromatic rings. The van der Waals surface area contributed by atoms with E-state index in [1.165, 1.54) is 5.56 Å². The summed E-state index contributed by atoms with van der Waals surface area (Å²) in [6.07, 6.45) is 3.57. The van der Waals surface area contributed by atoms with Gasteiger partial charge in [0.25, 0.3) is 5.91 Å². The first-order valence-electron chi connectivity index (χ1n) is 10.3. The molecule has 0 radical (unpaired) electrons. The predicted molar refractivity (Wildman–Crippen MR) is 125 cm³/mol. The van der Waals surface area contributed by atoms with Crippen LogP contribution in [-0.4, -0.2) is 44.5 Å². The number of methoxy groups -OCH3 is 2. The Morgan fingerprint density at radius 3 is 2.76 bits per heavy atom. The van der Waals surface area contributed by atoms with Crippen molar-refractivity contribution in [1.82, 2.24) is 29.7 Å². The molecular weight excluding hydrogens is 440 g/mol. The Hall–Kier alpha value is -3.92. The molecular formula is C23H22N6O3S. The number of nitrogens with zero attached hydrogens (tertiary/aromatic N) is 5. The minimum atomic E-state index is -0.249. The van der Waals surface area contributed by atoms with Crippen LogP contribution in [0, 0.1) is 6.92 Å². The van der Waals surface area contributed by atoms with E-state index in [1.807, 2.05) is 28.7 Å². The fourth-order valence-corrected chi connectivity index (χ4v) is 4.75. The number of amides is 1. The van der Waals surface area contributed by atoms with Gasteiger partial charge in [-0.1, -0.05) is 28.7 Å². The molecule has 0 saturated carbocycles. The van der Waals surface area contributed by atoms with Crippen LogP contribution in [0.4, 0.5) is 0 Å². The quantitative estimate of drug-likeness (QED) is 0.398. The van der Waals surface area contributed by atoms with Gasteiger partial charge in [-0.3, -0.25) is 9.20 Å². The number of aryl methyl sites for hydroxylation is 1. The minimum absolute atomic E-state index is 0.249. The molecule has 9 nitrogen and oxygen atoms in total. The van der Waals surface area contributed by atoms with E-state index >= 15 is 0 Å². The fourth-order valence-electron chi connectivity index (χ4n) is 3.64. The van der Waals surface area contributed by atoms with Gasteiger partial charge in [-0.2, -0.15) is 0 Å². The van der Waals surface area contributed by atoms with E-state index in [0.717, 1.165) is 20.7 Å². The Balaban J connectivity index is 1.24. The molecule has 1 amide bonds. The van der Waals surface area contributed by atoms with Crippen molar-refractivity contribution >= 4 is 32.4 Å². The lowest BCUT2D eigenvalue weighted by molar-refractivity contribution is 0.0946. The number of nitrogens with one attached hydrogen (secondary N) is 1. The third kappa shape index (κ3) is 4.12. The van der Waals surface area contributed by atoms with E-state index in [9.17, 15) is 4.79 Å². The molecule has 0 unspecified atom stereocenters. The lowest BCUT2D eigenvalue weighted by Gasteiger charge is -2.09. The van der Waals surface area contributed by atoms with Crippen molar-refractivity contribution in [3.63, 3.8) is 0 Å². The van der Waals surface area contributed by atoms with Crippen LogP contribution in [0.25, 0.3) is 15.2 Å². The Bertz CT molecular complexity index is 1470. The average Bonchev–Trinajstić information content (AvgIpc) is 3.51. The highest BCUT2D eigenvalue weighted by molar-refractivity contribution is 7.23. The van der Waals surface area contributed by atoms with Crippen molar-refractivity contribution < 1.29 is 14.3 Å². The van der Waals surface area contributed by atoms with Crippen LogP contribution in [0.2, 0.25) is 0 Å². The zero-order valence-electron chi connectivity index (χ0n) is 18.4. The first-order valence-corrected chi connectivity index (χ1v) is 11.1. The number of imidazole rings is 1. The Kier molecular flexibility index (Phi) is 5.43. The number of hydrogen-bond donors (Lipinski definition) is 1. The van der Waals surface area contributed by atoms with Gasteiger partial charge in [-0.15, -0.1) is 5.10 Å². The van der Waals surface area contributed by atoms with Crippen LogP contribution in [0.5, 0.6) is 11.5 Å². The predicted octanol–water partition coefficient (Wildman–Crippen LogP) is 3.44. The first-order chi connectivity index (χ1) is 16.0. The summed E-state index contributed by atoms with van der Waals surface area (Å²) in [6.45, 7) is 2.84. The second kappa shape index (κ2) is 8.55. The van der Waals surface area contributed by atoms with Crippen LogP contribution >= 0.6 is 11.3 Å². The molecule has 0 atom stereocenters. The molecule has 168 valence electrons. The van der Waals surface area contributed by atoms with E-state index < -0.39 is 0 Å². The Labute approximate surface area is 193 Å². The van der Waals surface area contributed by atoms with Crippen molar-refractivity contribution in [2.24, 2.45) is 0 Å². The van der Waals surface area contributed by atoms with Gasteiger partial charge in [-0.05, 0) is 42.3 Å². The summed E-state index contributed by atoms with van der Waals surface area (Å²) >= 11 is 1.57. The third-order valence-electron chi connectivity index (χ3n) is 5.29. The van der Waals surface area contributed by atoms with Crippen molar-refractivity contribution in [1.29, 1.82) is 0 Å². The monoisotopic (exact) mass is 462 g/mol. The normalized spacial score (nSPS) is 11.2. The molecule has 0 aliphatic rings. The molecule has 0 spiro atoms. The van der Waals surface area contributed by atoms with E-state index in [2.05, 4.69) is 39.7 Å². The molecule has 0 saturated heterocycles. The van der Waals surface area contributed by atoms with E-state index in [4.69, 9.17) is 9.47 Å². The van der Waals surface area contributed by atoms with Gasteiger partial charge < -0.3 is 14.8 Å².